The van der Waals surface area contributed by atoms with Gasteiger partial charge in [-0.3, -0.25) is 4.79 Å². The fourth-order valence-electron chi connectivity index (χ4n) is 2.35. The topological polar surface area (TPSA) is 45.2 Å². The van der Waals surface area contributed by atoms with E-state index in [1.165, 1.54) is 25.9 Å². The van der Waals surface area contributed by atoms with Crippen LogP contribution in [0.1, 0.15) is 46.6 Å². The minimum Gasteiger partial charge on any atom is -0.351 e. The first-order valence-electron chi connectivity index (χ1n) is 7.17. The number of hydrogen-bond donors (Lipinski definition) is 1. The van der Waals surface area contributed by atoms with Gasteiger partial charge in [-0.25, -0.2) is 4.98 Å². The van der Waals surface area contributed by atoms with E-state index >= 15 is 0 Å². The summed E-state index contributed by atoms with van der Waals surface area (Å²) in [5.41, 5.74) is 0.870. The van der Waals surface area contributed by atoms with Crippen molar-refractivity contribution in [2.75, 3.05) is 26.2 Å². The van der Waals surface area contributed by atoms with Gasteiger partial charge in [0.25, 0.3) is 5.91 Å². The molecule has 1 aromatic rings. The van der Waals surface area contributed by atoms with Crippen molar-refractivity contribution in [2.45, 2.75) is 39.5 Å². The average molecular weight is 281 g/mol. The van der Waals surface area contributed by atoms with Gasteiger partial charge in [-0.05, 0) is 39.3 Å². The molecule has 0 bridgehead atoms. The van der Waals surface area contributed by atoms with Gasteiger partial charge < -0.3 is 10.2 Å². The van der Waals surface area contributed by atoms with Crippen LogP contribution in [0.4, 0.5) is 0 Å². The fraction of sp³-hybridized carbons (Fsp3) is 0.714. The second kappa shape index (κ2) is 7.01. The zero-order chi connectivity index (χ0) is 13.7. The third kappa shape index (κ3) is 4.01. The Hall–Kier alpha value is -0.940. The summed E-state index contributed by atoms with van der Waals surface area (Å²) in [5, 5.41) is 4.01. The quantitative estimate of drug-likeness (QED) is 0.869. The number of carbonyl (C=O) groups excluding carboxylic acids is 1. The highest BCUT2D eigenvalue weighted by Crippen LogP contribution is 2.19. The van der Waals surface area contributed by atoms with Gasteiger partial charge in [-0.2, -0.15) is 0 Å². The van der Waals surface area contributed by atoms with Crippen molar-refractivity contribution < 1.29 is 4.79 Å². The molecule has 0 unspecified atom stereocenters. The Morgan fingerprint density at radius 3 is 2.84 bits per heavy atom. The Morgan fingerprint density at radius 1 is 1.42 bits per heavy atom. The summed E-state index contributed by atoms with van der Waals surface area (Å²) >= 11 is 1.55. The van der Waals surface area contributed by atoms with Crippen molar-refractivity contribution in [1.82, 2.24) is 15.2 Å². The van der Waals surface area contributed by atoms with Gasteiger partial charge in [-0.1, -0.05) is 6.92 Å². The monoisotopic (exact) mass is 281 g/mol. The van der Waals surface area contributed by atoms with E-state index in [0.29, 0.717) is 0 Å². The molecule has 106 valence electrons. The van der Waals surface area contributed by atoms with Gasteiger partial charge in [0.15, 0.2) is 0 Å². The summed E-state index contributed by atoms with van der Waals surface area (Å²) in [5.74, 6) is 0.0317. The average Bonchev–Trinajstić information content (AvgIpc) is 3.02. The molecule has 1 aliphatic heterocycles. The lowest BCUT2D eigenvalue weighted by atomic mass is 10.3. The second-order valence-electron chi connectivity index (χ2n) is 5.08. The van der Waals surface area contributed by atoms with Crippen molar-refractivity contribution in [2.24, 2.45) is 0 Å². The molecular weight excluding hydrogens is 258 g/mol. The molecule has 4 nitrogen and oxygen atoms in total. The van der Waals surface area contributed by atoms with Crippen LogP contribution in [0, 0.1) is 6.92 Å². The van der Waals surface area contributed by atoms with Crippen molar-refractivity contribution in [3.8, 4) is 0 Å². The summed E-state index contributed by atoms with van der Waals surface area (Å²) in [6.07, 6.45) is 4.57. The van der Waals surface area contributed by atoms with Crippen LogP contribution in [-0.2, 0) is 6.42 Å². The molecule has 5 heteroatoms. The Labute approximate surface area is 119 Å². The largest absolute Gasteiger partial charge is 0.351 e. The number of rotatable bonds is 6. The number of likely N-dealkylation sites (tertiary alicyclic amines) is 1. The molecule has 19 heavy (non-hydrogen) atoms. The number of amides is 1. The van der Waals surface area contributed by atoms with Crippen LogP contribution in [0.5, 0.6) is 0 Å². The Kier molecular flexibility index (Phi) is 5.34. The van der Waals surface area contributed by atoms with Gasteiger partial charge >= 0.3 is 0 Å². The molecule has 1 aromatic heterocycles. The molecule has 0 atom stereocenters. The first-order valence-corrected chi connectivity index (χ1v) is 7.99. The van der Waals surface area contributed by atoms with Crippen molar-refractivity contribution in [1.29, 1.82) is 0 Å². The summed E-state index contributed by atoms with van der Waals surface area (Å²) in [6, 6.07) is 0. The highest BCUT2D eigenvalue weighted by Gasteiger charge is 2.16. The van der Waals surface area contributed by atoms with E-state index in [-0.39, 0.29) is 5.91 Å². The standard InChI is InChI=1S/C14H23N3OS/c1-3-7-15-14(18)13-11(2)16-12(19-13)6-10-17-8-4-5-9-17/h3-10H2,1-2H3,(H,15,18). The molecule has 1 amide bonds. The normalized spacial score (nSPS) is 15.9. The van der Waals surface area contributed by atoms with E-state index in [9.17, 15) is 4.79 Å². The first-order chi connectivity index (χ1) is 9.20. The molecule has 2 heterocycles. The van der Waals surface area contributed by atoms with Crippen LogP contribution in [-0.4, -0.2) is 42.0 Å². The Balaban J connectivity index is 1.89. The lowest BCUT2D eigenvalue weighted by Crippen LogP contribution is -2.23. The summed E-state index contributed by atoms with van der Waals surface area (Å²) in [4.78, 5) is 19.7. The lowest BCUT2D eigenvalue weighted by molar-refractivity contribution is 0.0957. The van der Waals surface area contributed by atoms with Gasteiger partial charge in [0.1, 0.15) is 4.88 Å². The third-order valence-corrected chi connectivity index (χ3v) is 4.64. The molecule has 2 rings (SSSR count). The molecule has 0 aliphatic carbocycles. The number of carbonyl (C=O) groups is 1. The van der Waals surface area contributed by atoms with E-state index in [4.69, 9.17) is 0 Å². The second-order valence-corrected chi connectivity index (χ2v) is 6.16. The number of nitrogens with zero attached hydrogens (tertiary/aromatic N) is 2. The SMILES string of the molecule is CCCNC(=O)c1sc(CCN2CCCC2)nc1C. The highest BCUT2D eigenvalue weighted by molar-refractivity contribution is 7.13. The van der Waals surface area contributed by atoms with Crippen molar-refractivity contribution >= 4 is 17.2 Å². The van der Waals surface area contributed by atoms with E-state index < -0.39 is 0 Å². The predicted molar refractivity (Wildman–Crippen MR) is 78.9 cm³/mol. The van der Waals surface area contributed by atoms with Crippen LogP contribution in [0.3, 0.4) is 0 Å². The molecule has 1 fully saturated rings. The van der Waals surface area contributed by atoms with Crippen molar-refractivity contribution in [3.63, 3.8) is 0 Å². The van der Waals surface area contributed by atoms with Crippen LogP contribution in [0.25, 0.3) is 0 Å². The van der Waals surface area contributed by atoms with Gasteiger partial charge in [0.05, 0.1) is 10.7 Å². The molecule has 1 N–H and O–H groups in total. The predicted octanol–water partition coefficient (Wildman–Crippen LogP) is 2.23. The molecule has 1 saturated heterocycles. The van der Waals surface area contributed by atoms with Crippen LogP contribution in [0.2, 0.25) is 0 Å². The zero-order valence-electron chi connectivity index (χ0n) is 11.9. The van der Waals surface area contributed by atoms with Gasteiger partial charge in [0.2, 0.25) is 0 Å². The smallest absolute Gasteiger partial charge is 0.263 e. The molecule has 0 aromatic carbocycles. The summed E-state index contributed by atoms with van der Waals surface area (Å²) in [6.45, 7) is 8.22. The van der Waals surface area contributed by atoms with E-state index in [1.807, 2.05) is 6.92 Å². The molecule has 0 spiro atoms. The Bertz CT molecular complexity index is 424. The molecule has 1 aliphatic rings. The lowest BCUT2D eigenvalue weighted by Gasteiger charge is -2.12. The number of aryl methyl sites for hydroxylation is 1. The van der Waals surface area contributed by atoms with E-state index in [0.717, 1.165) is 41.5 Å². The number of hydrogen-bond acceptors (Lipinski definition) is 4. The van der Waals surface area contributed by atoms with E-state index in [2.05, 4.69) is 22.1 Å². The Morgan fingerprint density at radius 2 is 2.16 bits per heavy atom. The van der Waals surface area contributed by atoms with E-state index in [1.54, 1.807) is 11.3 Å². The van der Waals surface area contributed by atoms with Gasteiger partial charge in [-0.15, -0.1) is 11.3 Å². The maximum absolute atomic E-state index is 11.9. The minimum absolute atomic E-state index is 0.0317. The maximum Gasteiger partial charge on any atom is 0.263 e. The highest BCUT2D eigenvalue weighted by atomic mass is 32.1. The number of aromatic nitrogens is 1. The molecular formula is C14H23N3OS. The van der Waals surface area contributed by atoms with Crippen molar-refractivity contribution in [3.05, 3.63) is 15.6 Å². The third-order valence-electron chi connectivity index (χ3n) is 3.42. The zero-order valence-corrected chi connectivity index (χ0v) is 12.7. The maximum atomic E-state index is 11.9. The fourth-order valence-corrected chi connectivity index (χ4v) is 3.32. The van der Waals surface area contributed by atoms with Crippen LogP contribution < -0.4 is 5.32 Å². The number of thiazole rings is 1. The minimum atomic E-state index is 0.0317. The summed E-state index contributed by atoms with van der Waals surface area (Å²) in [7, 11) is 0. The van der Waals surface area contributed by atoms with Crippen LogP contribution in [0.15, 0.2) is 0 Å². The molecule has 0 saturated carbocycles. The summed E-state index contributed by atoms with van der Waals surface area (Å²) < 4.78 is 0. The van der Waals surface area contributed by atoms with Gasteiger partial charge in [0, 0.05) is 19.5 Å². The first kappa shape index (κ1) is 14.5. The number of nitrogens with one attached hydrogen (secondary N) is 1. The van der Waals surface area contributed by atoms with Crippen LogP contribution >= 0.6 is 11.3 Å². The molecule has 0 radical (unpaired) electrons.